The van der Waals surface area contributed by atoms with E-state index < -0.39 is 11.9 Å². The zero-order valence-electron chi connectivity index (χ0n) is 48.9. The maximum absolute atomic E-state index is 12.3. The number of carbonyl (C=O) groups excluding carboxylic acids is 2. The average molecular weight is 1150 g/mol. The highest BCUT2D eigenvalue weighted by Crippen LogP contribution is 2.40. The molecule has 0 atom stereocenters. The summed E-state index contributed by atoms with van der Waals surface area (Å²) in [6.45, 7) is 10.5. The molecule has 9 rings (SSSR count). The molecule has 0 saturated carbocycles. The number of nitrogens with zero attached hydrogens (tertiary/aromatic N) is 2. The molecule has 0 spiro atoms. The van der Waals surface area contributed by atoms with Crippen molar-refractivity contribution >= 4 is 11.9 Å². The maximum atomic E-state index is 12.3. The van der Waals surface area contributed by atoms with Gasteiger partial charge in [0, 0.05) is 48.2 Å². The summed E-state index contributed by atoms with van der Waals surface area (Å²) in [5, 5.41) is 18.1. The lowest BCUT2D eigenvalue weighted by atomic mass is 10.0. The topological polar surface area (TPSA) is 190 Å². The Hall–Kier alpha value is -9.70. The molecule has 85 heavy (non-hydrogen) atoms. The van der Waals surface area contributed by atoms with Gasteiger partial charge in [-0.2, -0.15) is 0 Å². The Morgan fingerprint density at radius 1 is 0.447 bits per heavy atom. The summed E-state index contributed by atoms with van der Waals surface area (Å²) in [4.78, 5) is 24.5. The first-order valence-electron chi connectivity index (χ1n) is 28.6. The largest absolute Gasteiger partial charge is 0.507 e. The molecule has 0 saturated heterocycles. The Morgan fingerprint density at radius 2 is 0.882 bits per heavy atom. The van der Waals surface area contributed by atoms with Crippen LogP contribution in [0, 0.1) is 0 Å². The minimum atomic E-state index is -0.456. The van der Waals surface area contributed by atoms with Gasteiger partial charge in [0.25, 0.3) is 0 Å². The van der Waals surface area contributed by atoms with Crippen LogP contribution in [0.1, 0.15) is 102 Å². The number of para-hydroxylation sites is 2. The number of phenols is 1. The fourth-order valence-electron chi connectivity index (χ4n) is 9.29. The maximum Gasteiger partial charge on any atom is 0.341 e. The molecular formula is C69H72N2O14. The van der Waals surface area contributed by atoms with Crippen molar-refractivity contribution in [1.29, 1.82) is 0 Å². The van der Waals surface area contributed by atoms with E-state index in [1.165, 1.54) is 14.2 Å². The van der Waals surface area contributed by atoms with E-state index in [4.69, 9.17) is 51.7 Å². The summed E-state index contributed by atoms with van der Waals surface area (Å²) in [7, 11) is 2.70. The van der Waals surface area contributed by atoms with Gasteiger partial charge < -0.3 is 56.8 Å². The third-order valence-corrected chi connectivity index (χ3v) is 13.6. The van der Waals surface area contributed by atoms with Crippen molar-refractivity contribution in [2.24, 2.45) is 0 Å². The Kier molecular flexibility index (Phi) is 22.9. The van der Waals surface area contributed by atoms with Crippen LogP contribution in [0.2, 0.25) is 0 Å². The number of hydrogen-bond acceptors (Lipinski definition) is 16. The quantitative estimate of drug-likeness (QED) is 0.0344. The van der Waals surface area contributed by atoms with Crippen molar-refractivity contribution in [3.63, 3.8) is 0 Å². The van der Waals surface area contributed by atoms with E-state index in [1.807, 2.05) is 110 Å². The predicted molar refractivity (Wildman–Crippen MR) is 323 cm³/mol. The van der Waals surface area contributed by atoms with Crippen molar-refractivity contribution in [3.05, 3.63) is 203 Å². The van der Waals surface area contributed by atoms with E-state index in [1.54, 1.807) is 60.9 Å². The van der Waals surface area contributed by atoms with Crippen molar-refractivity contribution < 1.29 is 66.4 Å². The molecule has 16 heteroatoms. The van der Waals surface area contributed by atoms with Crippen molar-refractivity contribution in [2.75, 3.05) is 40.6 Å². The number of aromatic hydroxyl groups is 1. The summed E-state index contributed by atoms with van der Waals surface area (Å²) in [5.74, 6) is 5.99. The fourth-order valence-corrected chi connectivity index (χ4v) is 9.29. The molecule has 2 aromatic heterocycles. The van der Waals surface area contributed by atoms with Gasteiger partial charge in [-0.25, -0.2) is 9.59 Å². The highest BCUT2D eigenvalue weighted by Gasteiger charge is 2.21. The van der Waals surface area contributed by atoms with Crippen LogP contribution < -0.4 is 33.2 Å². The lowest BCUT2D eigenvalue weighted by Gasteiger charge is -2.18. The van der Waals surface area contributed by atoms with Gasteiger partial charge in [0.2, 0.25) is 0 Å². The van der Waals surface area contributed by atoms with Crippen LogP contribution in [-0.4, -0.2) is 68.0 Å². The fraction of sp³-hybridized carbons (Fsp3) is 0.275. The van der Waals surface area contributed by atoms with E-state index in [0.717, 1.165) is 89.2 Å². The second-order valence-corrected chi connectivity index (χ2v) is 19.4. The molecule has 16 nitrogen and oxygen atoms in total. The second-order valence-electron chi connectivity index (χ2n) is 19.4. The number of phenolic OH excluding ortho intramolecular Hbond substituents is 1. The summed E-state index contributed by atoms with van der Waals surface area (Å²) < 4.78 is 63.8. The molecule has 0 aliphatic heterocycles. The second kappa shape index (κ2) is 31.7. The molecule has 0 aliphatic carbocycles. The average Bonchev–Trinajstić information content (AvgIpc) is 4.42. The van der Waals surface area contributed by atoms with Crippen LogP contribution in [0.15, 0.2) is 173 Å². The number of rotatable bonds is 29. The number of hydrogen-bond donors (Lipinski definition) is 1. The predicted octanol–water partition coefficient (Wildman–Crippen LogP) is 15.9. The molecule has 2 heterocycles. The van der Waals surface area contributed by atoms with Crippen LogP contribution in [0.5, 0.6) is 57.5 Å². The van der Waals surface area contributed by atoms with Crippen molar-refractivity contribution in [2.45, 2.75) is 85.7 Å². The van der Waals surface area contributed by atoms with Crippen LogP contribution in [0.3, 0.4) is 0 Å². The number of methoxy groups -OCH3 is 2. The monoisotopic (exact) mass is 1150 g/mol. The third kappa shape index (κ3) is 16.5. The molecule has 9 aromatic rings. The number of aromatic nitrogens is 2. The van der Waals surface area contributed by atoms with E-state index in [-0.39, 0.29) is 5.75 Å². The van der Waals surface area contributed by atoms with Crippen molar-refractivity contribution in [3.8, 4) is 80.1 Å². The van der Waals surface area contributed by atoms with Gasteiger partial charge in [0.15, 0.2) is 11.5 Å². The van der Waals surface area contributed by atoms with Crippen LogP contribution in [0.4, 0.5) is 0 Å². The van der Waals surface area contributed by atoms with Gasteiger partial charge in [-0.3, -0.25) is 0 Å². The first-order valence-corrected chi connectivity index (χ1v) is 28.6. The van der Waals surface area contributed by atoms with Gasteiger partial charge in [0.1, 0.15) is 75.2 Å². The highest BCUT2D eigenvalue weighted by atomic mass is 16.5. The first-order chi connectivity index (χ1) is 41.7. The molecule has 0 unspecified atom stereocenters. The molecule has 0 aliphatic rings. The molecule has 0 radical (unpaired) electrons. The summed E-state index contributed by atoms with van der Waals surface area (Å²) in [6.07, 6.45) is 9.27. The minimum absolute atomic E-state index is 0.0741. The summed E-state index contributed by atoms with van der Waals surface area (Å²) in [5.41, 5.74) is 7.09. The number of ether oxygens (including phenoxy) is 9. The zero-order chi connectivity index (χ0) is 59.8. The molecule has 442 valence electrons. The van der Waals surface area contributed by atoms with E-state index in [2.05, 4.69) is 31.1 Å². The van der Waals surface area contributed by atoms with Crippen LogP contribution in [0.25, 0.3) is 22.6 Å². The number of esters is 2. The standard InChI is InChI=1S/C38H39NO7.C31H33NO7/c1-4-13-29-32(18-11-19-33(29)45-34-17-10-9-16-30(34)38(40)41-3)42-22-12-23-43-36-25-37(44-26-27-14-7-6-8-15-27)31(24-28(36)5-2)35-20-21-39-46-35;1-4-10-22-26(13-8-14-27(22)38-28-12-7-6-11-23(28)31(34)35-3)36-17-9-18-37-30-20-25(33)24(19-21(30)5-2)29-15-16-32-39-29/h6-11,14-21,24-25H,4-5,12-13,22-23,26H2,1-3H3;6-8,11-16,19-20,33H,4-5,9-10,17-18H2,1-3H3. The van der Waals surface area contributed by atoms with Gasteiger partial charge in [0.05, 0.1) is 64.2 Å². The van der Waals surface area contributed by atoms with Gasteiger partial charge in [-0.15, -0.1) is 0 Å². The highest BCUT2D eigenvalue weighted by molar-refractivity contribution is 5.93. The molecule has 1 N–H and O–H groups in total. The Bertz CT molecular complexity index is 3550. The van der Waals surface area contributed by atoms with Gasteiger partial charge in [-0.05, 0) is 103 Å². The van der Waals surface area contributed by atoms with Gasteiger partial charge in [-0.1, -0.05) is 118 Å². The van der Waals surface area contributed by atoms with Crippen molar-refractivity contribution in [1.82, 2.24) is 10.3 Å². The van der Waals surface area contributed by atoms with E-state index in [0.29, 0.717) is 109 Å². The number of aryl methyl sites for hydroxylation is 2. The Balaban J connectivity index is 0.000000224. The van der Waals surface area contributed by atoms with Crippen LogP contribution >= 0.6 is 0 Å². The molecular weight excluding hydrogens is 1080 g/mol. The molecule has 0 bridgehead atoms. The molecule has 0 fully saturated rings. The number of carbonyl (C=O) groups is 2. The molecule has 7 aromatic carbocycles. The molecule has 0 amide bonds. The first kappa shape index (κ1) is 61.4. The number of benzene rings is 7. The smallest absolute Gasteiger partial charge is 0.341 e. The lowest BCUT2D eigenvalue weighted by molar-refractivity contribution is 0.0588. The van der Waals surface area contributed by atoms with E-state index >= 15 is 0 Å². The van der Waals surface area contributed by atoms with Crippen LogP contribution in [-0.2, 0) is 41.8 Å². The Labute approximate surface area is 496 Å². The minimum Gasteiger partial charge on any atom is -0.507 e. The van der Waals surface area contributed by atoms with E-state index in [9.17, 15) is 14.7 Å². The summed E-state index contributed by atoms with van der Waals surface area (Å²) >= 11 is 0. The summed E-state index contributed by atoms with van der Waals surface area (Å²) in [6, 6.07) is 46.4. The third-order valence-electron chi connectivity index (χ3n) is 13.6. The lowest BCUT2D eigenvalue weighted by Crippen LogP contribution is -2.08. The van der Waals surface area contributed by atoms with Gasteiger partial charge >= 0.3 is 11.9 Å². The zero-order valence-corrected chi connectivity index (χ0v) is 48.9. The SMILES string of the molecule is CCCc1c(OCCCOc2cc(O)c(-c3ccno3)cc2CC)cccc1Oc1ccccc1C(=O)OC.CCCc1c(OCCCOc2cc(OCc3ccccc3)c(-c3ccno3)cc2CC)cccc1Oc1ccccc1C(=O)OC. The Morgan fingerprint density at radius 3 is 1.35 bits per heavy atom. The normalized spacial score (nSPS) is 10.8.